The minimum atomic E-state index is 0.825. The SMILES string of the molecule is CNCc1oc(CN2CCCCC2)cc1C. The van der Waals surface area contributed by atoms with E-state index >= 15 is 0 Å². The van der Waals surface area contributed by atoms with Crippen LogP contribution in [0.1, 0.15) is 36.3 Å². The molecule has 0 aromatic carbocycles. The van der Waals surface area contributed by atoms with Gasteiger partial charge in [-0.25, -0.2) is 0 Å². The lowest BCUT2D eigenvalue weighted by Gasteiger charge is -2.25. The minimum Gasteiger partial charge on any atom is -0.463 e. The van der Waals surface area contributed by atoms with Crippen LogP contribution >= 0.6 is 0 Å². The van der Waals surface area contributed by atoms with E-state index < -0.39 is 0 Å². The summed E-state index contributed by atoms with van der Waals surface area (Å²) in [7, 11) is 1.95. The summed E-state index contributed by atoms with van der Waals surface area (Å²) >= 11 is 0. The van der Waals surface area contributed by atoms with Gasteiger partial charge in [0.25, 0.3) is 0 Å². The van der Waals surface area contributed by atoms with E-state index in [1.165, 1.54) is 37.9 Å². The molecule has 1 fully saturated rings. The van der Waals surface area contributed by atoms with Crippen LogP contribution in [0.3, 0.4) is 0 Å². The van der Waals surface area contributed by atoms with Gasteiger partial charge in [-0.15, -0.1) is 0 Å². The summed E-state index contributed by atoms with van der Waals surface area (Å²) in [5.41, 5.74) is 1.27. The highest BCUT2D eigenvalue weighted by Gasteiger charge is 2.13. The molecule has 0 saturated carbocycles. The molecule has 0 aliphatic carbocycles. The van der Waals surface area contributed by atoms with Gasteiger partial charge in [0.1, 0.15) is 11.5 Å². The number of furan rings is 1. The Morgan fingerprint density at radius 1 is 1.31 bits per heavy atom. The van der Waals surface area contributed by atoms with E-state index in [0.717, 1.165) is 24.6 Å². The summed E-state index contributed by atoms with van der Waals surface area (Å²) in [4.78, 5) is 2.49. The van der Waals surface area contributed by atoms with Gasteiger partial charge in [-0.3, -0.25) is 4.90 Å². The third-order valence-electron chi connectivity index (χ3n) is 3.24. The second kappa shape index (κ2) is 5.51. The van der Waals surface area contributed by atoms with Crippen LogP contribution in [-0.2, 0) is 13.1 Å². The van der Waals surface area contributed by atoms with E-state index in [1.54, 1.807) is 0 Å². The normalized spacial score (nSPS) is 17.9. The Bertz CT molecular complexity index is 327. The summed E-state index contributed by atoms with van der Waals surface area (Å²) in [6.07, 6.45) is 4.06. The summed E-state index contributed by atoms with van der Waals surface area (Å²) in [5, 5.41) is 3.13. The Labute approximate surface area is 97.8 Å². The molecule has 2 rings (SSSR count). The smallest absolute Gasteiger partial charge is 0.120 e. The van der Waals surface area contributed by atoms with Crippen molar-refractivity contribution in [2.24, 2.45) is 0 Å². The number of likely N-dealkylation sites (tertiary alicyclic amines) is 1. The van der Waals surface area contributed by atoms with Crippen molar-refractivity contribution < 1.29 is 4.42 Å². The summed E-state index contributed by atoms with van der Waals surface area (Å²) < 4.78 is 5.85. The fourth-order valence-corrected chi connectivity index (χ4v) is 2.34. The molecule has 0 unspecified atom stereocenters. The highest BCUT2D eigenvalue weighted by atomic mass is 16.3. The summed E-state index contributed by atoms with van der Waals surface area (Å²) in [6.45, 7) is 6.37. The molecule has 0 spiro atoms. The number of hydrogen-bond acceptors (Lipinski definition) is 3. The molecule has 2 heterocycles. The molecule has 3 heteroatoms. The van der Waals surface area contributed by atoms with Crippen molar-refractivity contribution in [2.75, 3.05) is 20.1 Å². The highest BCUT2D eigenvalue weighted by Crippen LogP contribution is 2.18. The van der Waals surface area contributed by atoms with Crippen molar-refractivity contribution in [3.8, 4) is 0 Å². The number of nitrogens with one attached hydrogen (secondary N) is 1. The van der Waals surface area contributed by atoms with Crippen molar-refractivity contribution in [3.05, 3.63) is 23.2 Å². The second-order valence-electron chi connectivity index (χ2n) is 4.69. The zero-order valence-corrected chi connectivity index (χ0v) is 10.4. The maximum Gasteiger partial charge on any atom is 0.120 e. The first kappa shape index (κ1) is 11.7. The fourth-order valence-electron chi connectivity index (χ4n) is 2.34. The highest BCUT2D eigenvalue weighted by molar-refractivity contribution is 5.20. The maximum absolute atomic E-state index is 5.85. The number of piperidine rings is 1. The van der Waals surface area contributed by atoms with Crippen molar-refractivity contribution in [1.29, 1.82) is 0 Å². The van der Waals surface area contributed by atoms with E-state index in [0.29, 0.717) is 0 Å². The molecule has 1 aliphatic heterocycles. The van der Waals surface area contributed by atoms with E-state index in [-0.39, 0.29) is 0 Å². The first-order chi connectivity index (χ1) is 7.79. The average molecular weight is 222 g/mol. The zero-order valence-electron chi connectivity index (χ0n) is 10.4. The molecule has 0 atom stereocenters. The van der Waals surface area contributed by atoms with Crippen molar-refractivity contribution in [3.63, 3.8) is 0 Å². The lowest BCUT2D eigenvalue weighted by atomic mass is 10.1. The Hall–Kier alpha value is -0.800. The summed E-state index contributed by atoms with van der Waals surface area (Å²) in [6, 6.07) is 2.18. The van der Waals surface area contributed by atoms with Crippen molar-refractivity contribution in [1.82, 2.24) is 10.2 Å². The fraction of sp³-hybridized carbons (Fsp3) is 0.692. The van der Waals surface area contributed by atoms with E-state index in [4.69, 9.17) is 4.42 Å². The Kier molecular flexibility index (Phi) is 4.02. The molecular weight excluding hydrogens is 200 g/mol. The van der Waals surface area contributed by atoms with E-state index in [9.17, 15) is 0 Å². The maximum atomic E-state index is 5.85. The molecule has 1 saturated heterocycles. The van der Waals surface area contributed by atoms with Crippen LogP contribution in [0.5, 0.6) is 0 Å². The predicted octanol–water partition coefficient (Wildman–Crippen LogP) is 2.29. The van der Waals surface area contributed by atoms with Crippen LogP contribution in [0.4, 0.5) is 0 Å². The van der Waals surface area contributed by atoms with Gasteiger partial charge in [0.15, 0.2) is 0 Å². The van der Waals surface area contributed by atoms with Crippen LogP contribution in [0, 0.1) is 6.92 Å². The van der Waals surface area contributed by atoms with Gasteiger partial charge < -0.3 is 9.73 Å². The van der Waals surface area contributed by atoms with Crippen LogP contribution in [0.2, 0.25) is 0 Å². The van der Waals surface area contributed by atoms with Crippen LogP contribution < -0.4 is 5.32 Å². The molecule has 16 heavy (non-hydrogen) atoms. The third-order valence-corrected chi connectivity index (χ3v) is 3.24. The minimum absolute atomic E-state index is 0.825. The summed E-state index contributed by atoms with van der Waals surface area (Å²) in [5.74, 6) is 2.19. The molecule has 90 valence electrons. The van der Waals surface area contributed by atoms with Crippen LogP contribution in [0.15, 0.2) is 10.5 Å². The molecule has 1 aromatic heterocycles. The third kappa shape index (κ3) is 2.86. The van der Waals surface area contributed by atoms with Gasteiger partial charge >= 0.3 is 0 Å². The second-order valence-corrected chi connectivity index (χ2v) is 4.69. The standard InChI is InChI=1S/C13H22N2O/c1-11-8-12(16-13(11)9-14-2)10-15-6-4-3-5-7-15/h8,14H,3-7,9-10H2,1-2H3. The van der Waals surface area contributed by atoms with Crippen LogP contribution in [-0.4, -0.2) is 25.0 Å². The van der Waals surface area contributed by atoms with Gasteiger partial charge in [0.05, 0.1) is 13.1 Å². The molecular formula is C13H22N2O. The molecule has 0 radical (unpaired) electrons. The first-order valence-electron chi connectivity index (χ1n) is 6.24. The zero-order chi connectivity index (χ0) is 11.4. The lowest BCUT2D eigenvalue weighted by molar-refractivity contribution is 0.203. The topological polar surface area (TPSA) is 28.4 Å². The van der Waals surface area contributed by atoms with Gasteiger partial charge in [-0.1, -0.05) is 6.42 Å². The quantitative estimate of drug-likeness (QED) is 0.847. The van der Waals surface area contributed by atoms with Crippen molar-refractivity contribution >= 4 is 0 Å². The predicted molar refractivity (Wildman–Crippen MR) is 65.3 cm³/mol. The van der Waals surface area contributed by atoms with Gasteiger partial charge in [-0.05, 0) is 51.5 Å². The van der Waals surface area contributed by atoms with Crippen LogP contribution in [0.25, 0.3) is 0 Å². The number of hydrogen-bond donors (Lipinski definition) is 1. The van der Waals surface area contributed by atoms with Gasteiger partial charge in [-0.2, -0.15) is 0 Å². The van der Waals surface area contributed by atoms with Crippen molar-refractivity contribution in [2.45, 2.75) is 39.3 Å². The Balaban J connectivity index is 1.95. The van der Waals surface area contributed by atoms with E-state index in [1.807, 2.05) is 7.05 Å². The Morgan fingerprint density at radius 3 is 2.75 bits per heavy atom. The molecule has 3 nitrogen and oxygen atoms in total. The number of aryl methyl sites for hydroxylation is 1. The molecule has 1 aliphatic rings. The Morgan fingerprint density at radius 2 is 2.06 bits per heavy atom. The monoisotopic (exact) mass is 222 g/mol. The largest absolute Gasteiger partial charge is 0.463 e. The molecule has 0 amide bonds. The van der Waals surface area contributed by atoms with E-state index in [2.05, 4.69) is 23.2 Å². The molecule has 1 aromatic rings. The number of nitrogens with zero attached hydrogens (tertiary/aromatic N) is 1. The van der Waals surface area contributed by atoms with Gasteiger partial charge in [0, 0.05) is 0 Å². The lowest BCUT2D eigenvalue weighted by Crippen LogP contribution is -2.28. The first-order valence-corrected chi connectivity index (χ1v) is 6.24. The number of rotatable bonds is 4. The molecule has 0 bridgehead atoms. The molecule has 1 N–H and O–H groups in total. The average Bonchev–Trinajstić information content (AvgIpc) is 2.61. The van der Waals surface area contributed by atoms with Gasteiger partial charge in [0.2, 0.25) is 0 Å².